The van der Waals surface area contributed by atoms with Crippen molar-refractivity contribution >= 4 is 47.2 Å². The van der Waals surface area contributed by atoms with Gasteiger partial charge in [0.1, 0.15) is 5.75 Å². The third-order valence-corrected chi connectivity index (χ3v) is 4.25. The molecule has 0 spiro atoms. The second kappa shape index (κ2) is 10.2. The minimum atomic E-state index is 0. The van der Waals surface area contributed by atoms with Crippen molar-refractivity contribution in [2.24, 2.45) is 16.6 Å². The van der Waals surface area contributed by atoms with E-state index in [-0.39, 0.29) is 24.0 Å². The Kier molecular flexibility index (Phi) is 8.93. The van der Waals surface area contributed by atoms with E-state index in [1.807, 2.05) is 6.07 Å². The second-order valence-electron chi connectivity index (χ2n) is 5.53. The van der Waals surface area contributed by atoms with E-state index >= 15 is 0 Å². The Morgan fingerprint density at radius 3 is 2.77 bits per heavy atom. The van der Waals surface area contributed by atoms with E-state index in [1.165, 1.54) is 32.1 Å². The van der Waals surface area contributed by atoms with E-state index in [0.29, 0.717) is 16.7 Å². The van der Waals surface area contributed by atoms with Crippen molar-refractivity contribution in [2.75, 3.05) is 19.0 Å². The van der Waals surface area contributed by atoms with E-state index in [4.69, 9.17) is 22.1 Å². The Balaban J connectivity index is 0.00000242. The maximum atomic E-state index is 6.07. The quantitative estimate of drug-likeness (QED) is 0.294. The zero-order valence-electron chi connectivity index (χ0n) is 13.0. The normalized spacial score (nSPS) is 15.5. The number of hydrogen-bond acceptors (Lipinski definition) is 2. The molecule has 124 valence electrons. The van der Waals surface area contributed by atoms with Gasteiger partial charge in [-0.3, -0.25) is 4.99 Å². The van der Waals surface area contributed by atoms with Crippen LogP contribution in [0.2, 0.25) is 5.02 Å². The fourth-order valence-corrected chi connectivity index (χ4v) is 3.07. The zero-order chi connectivity index (χ0) is 15.1. The lowest BCUT2D eigenvalue weighted by molar-refractivity contribution is 0.415. The number of rotatable bonds is 6. The summed E-state index contributed by atoms with van der Waals surface area (Å²) in [6.07, 6.45) is 7.96. The van der Waals surface area contributed by atoms with Crippen LogP contribution in [-0.4, -0.2) is 19.6 Å². The van der Waals surface area contributed by atoms with E-state index in [9.17, 15) is 0 Å². The molecule has 0 saturated heterocycles. The van der Waals surface area contributed by atoms with Crippen molar-refractivity contribution in [3.63, 3.8) is 0 Å². The predicted octanol–water partition coefficient (Wildman–Crippen LogP) is 4.66. The van der Waals surface area contributed by atoms with Gasteiger partial charge in [0, 0.05) is 12.2 Å². The van der Waals surface area contributed by atoms with Gasteiger partial charge in [-0.2, -0.15) is 0 Å². The maximum absolute atomic E-state index is 6.07. The number of nitrogens with one attached hydrogen (secondary N) is 1. The van der Waals surface area contributed by atoms with Gasteiger partial charge in [0.15, 0.2) is 5.96 Å². The van der Waals surface area contributed by atoms with Crippen LogP contribution in [0.5, 0.6) is 5.75 Å². The molecule has 4 nitrogen and oxygen atoms in total. The molecule has 0 radical (unpaired) electrons. The molecule has 0 aliphatic heterocycles. The molecule has 3 N–H and O–H groups in total. The number of benzene rings is 1. The minimum absolute atomic E-state index is 0. The lowest BCUT2D eigenvalue weighted by Gasteiger charge is -2.09. The van der Waals surface area contributed by atoms with Gasteiger partial charge in [-0.05, 0) is 37.0 Å². The van der Waals surface area contributed by atoms with Crippen molar-refractivity contribution in [1.29, 1.82) is 0 Å². The molecule has 6 heteroatoms. The summed E-state index contributed by atoms with van der Waals surface area (Å²) in [5, 5.41) is 3.60. The van der Waals surface area contributed by atoms with E-state index in [0.717, 1.165) is 24.6 Å². The number of aliphatic imine (C=N–C) groups is 1. The molecule has 1 aromatic rings. The van der Waals surface area contributed by atoms with E-state index in [2.05, 4.69) is 10.3 Å². The summed E-state index contributed by atoms with van der Waals surface area (Å²) in [7, 11) is 1.59. The topological polar surface area (TPSA) is 59.6 Å². The summed E-state index contributed by atoms with van der Waals surface area (Å²) < 4.78 is 5.11. The third kappa shape index (κ3) is 6.20. The number of guanidine groups is 1. The van der Waals surface area contributed by atoms with Gasteiger partial charge in [-0.15, -0.1) is 24.0 Å². The average molecular weight is 438 g/mol. The SMILES string of the molecule is COc1ccc(NC(N)=NCCCC2CCCC2)cc1Cl.I. The highest BCUT2D eigenvalue weighted by Gasteiger charge is 2.13. The van der Waals surface area contributed by atoms with Crippen LogP contribution in [0.4, 0.5) is 5.69 Å². The fraction of sp³-hybridized carbons (Fsp3) is 0.562. The van der Waals surface area contributed by atoms with Crippen LogP contribution >= 0.6 is 35.6 Å². The number of halogens is 2. The molecule has 2 rings (SSSR count). The lowest BCUT2D eigenvalue weighted by Crippen LogP contribution is -2.22. The van der Waals surface area contributed by atoms with Crippen molar-refractivity contribution in [1.82, 2.24) is 0 Å². The first-order valence-corrected chi connectivity index (χ1v) is 7.97. The molecule has 1 aromatic carbocycles. The van der Waals surface area contributed by atoms with Gasteiger partial charge in [-0.25, -0.2) is 0 Å². The molecule has 1 aliphatic rings. The molecule has 0 unspecified atom stereocenters. The van der Waals surface area contributed by atoms with E-state index < -0.39 is 0 Å². The average Bonchev–Trinajstić information content (AvgIpc) is 2.97. The Labute approximate surface area is 154 Å². The first-order chi connectivity index (χ1) is 10.2. The number of nitrogens with two attached hydrogens (primary N) is 1. The Hall–Kier alpha value is -0.690. The summed E-state index contributed by atoms with van der Waals surface area (Å²) in [6, 6.07) is 5.45. The number of anilines is 1. The first-order valence-electron chi connectivity index (χ1n) is 7.59. The molecule has 1 saturated carbocycles. The molecule has 0 bridgehead atoms. The molecule has 0 amide bonds. The third-order valence-electron chi connectivity index (χ3n) is 3.95. The Morgan fingerprint density at radius 2 is 2.14 bits per heavy atom. The summed E-state index contributed by atoms with van der Waals surface area (Å²) in [6.45, 7) is 0.777. The molecular weight excluding hydrogens is 413 g/mol. The van der Waals surface area contributed by atoms with Crippen LogP contribution in [0.25, 0.3) is 0 Å². The van der Waals surface area contributed by atoms with Crippen molar-refractivity contribution in [3.05, 3.63) is 23.2 Å². The Morgan fingerprint density at radius 1 is 1.41 bits per heavy atom. The second-order valence-corrected chi connectivity index (χ2v) is 5.94. The standard InChI is InChI=1S/C16H24ClN3O.HI/c1-21-15-9-8-13(11-14(15)17)20-16(18)19-10-4-7-12-5-2-3-6-12;/h8-9,11-12H,2-7,10H2,1H3,(H3,18,19,20);1H. The monoisotopic (exact) mass is 437 g/mol. The molecule has 1 fully saturated rings. The zero-order valence-corrected chi connectivity index (χ0v) is 16.1. The number of hydrogen-bond donors (Lipinski definition) is 2. The summed E-state index contributed by atoms with van der Waals surface area (Å²) in [5.74, 6) is 1.99. The highest BCUT2D eigenvalue weighted by molar-refractivity contribution is 14.0. The van der Waals surface area contributed by atoms with Crippen LogP contribution in [-0.2, 0) is 0 Å². The van der Waals surface area contributed by atoms with Crippen LogP contribution in [0.1, 0.15) is 38.5 Å². The van der Waals surface area contributed by atoms with Gasteiger partial charge in [0.2, 0.25) is 0 Å². The summed E-state index contributed by atoms with van der Waals surface area (Å²) >= 11 is 6.07. The van der Waals surface area contributed by atoms with Crippen LogP contribution < -0.4 is 15.8 Å². The van der Waals surface area contributed by atoms with E-state index in [1.54, 1.807) is 19.2 Å². The number of methoxy groups -OCH3 is 1. The van der Waals surface area contributed by atoms with Gasteiger partial charge in [0.25, 0.3) is 0 Å². The highest BCUT2D eigenvalue weighted by atomic mass is 127. The molecule has 22 heavy (non-hydrogen) atoms. The summed E-state index contributed by atoms with van der Waals surface area (Å²) in [4.78, 5) is 4.36. The molecule has 1 aliphatic carbocycles. The lowest BCUT2D eigenvalue weighted by atomic mass is 10.0. The first kappa shape index (κ1) is 19.4. The number of ether oxygens (including phenoxy) is 1. The van der Waals surface area contributed by atoms with Crippen LogP contribution in [0.3, 0.4) is 0 Å². The van der Waals surface area contributed by atoms with Crippen LogP contribution in [0.15, 0.2) is 23.2 Å². The molecular formula is C16H25ClIN3O. The van der Waals surface area contributed by atoms with Gasteiger partial charge in [0.05, 0.1) is 12.1 Å². The van der Waals surface area contributed by atoms with Gasteiger partial charge < -0.3 is 15.8 Å². The molecule has 0 atom stereocenters. The number of nitrogens with zero attached hydrogens (tertiary/aromatic N) is 1. The summed E-state index contributed by atoms with van der Waals surface area (Å²) in [5.41, 5.74) is 6.70. The van der Waals surface area contributed by atoms with Crippen molar-refractivity contribution in [2.45, 2.75) is 38.5 Å². The largest absolute Gasteiger partial charge is 0.495 e. The highest BCUT2D eigenvalue weighted by Crippen LogP contribution is 2.28. The molecule has 0 aromatic heterocycles. The Bertz CT molecular complexity index is 490. The van der Waals surface area contributed by atoms with Gasteiger partial charge in [-0.1, -0.05) is 37.3 Å². The fourth-order valence-electron chi connectivity index (χ4n) is 2.81. The van der Waals surface area contributed by atoms with Crippen molar-refractivity contribution < 1.29 is 4.74 Å². The predicted molar refractivity (Wildman–Crippen MR) is 105 cm³/mol. The van der Waals surface area contributed by atoms with Crippen LogP contribution in [0, 0.1) is 5.92 Å². The maximum Gasteiger partial charge on any atom is 0.193 e. The molecule has 0 heterocycles. The van der Waals surface area contributed by atoms with Gasteiger partial charge >= 0.3 is 0 Å². The minimum Gasteiger partial charge on any atom is -0.495 e. The van der Waals surface area contributed by atoms with Crippen molar-refractivity contribution in [3.8, 4) is 5.75 Å². The smallest absolute Gasteiger partial charge is 0.193 e.